The van der Waals surface area contributed by atoms with Gasteiger partial charge in [0.05, 0.1) is 25.2 Å². The maximum Gasteiger partial charge on any atom is 0.305 e. The fourth-order valence-electron chi connectivity index (χ4n) is 2.88. The summed E-state index contributed by atoms with van der Waals surface area (Å²) in [5.41, 5.74) is -1.13. The molecule has 5 heteroatoms. The number of carbonyl (C=O) groups is 1. The molecule has 3 N–H and O–H groups in total. The molecule has 0 heterocycles. The average Bonchev–Trinajstić information content (AvgIpc) is 2.67. The Morgan fingerprint density at radius 3 is 1.46 bits per heavy atom. The van der Waals surface area contributed by atoms with Gasteiger partial charge in [0.1, 0.15) is 6.61 Å². The normalized spacial score (nSPS) is 11.7. The van der Waals surface area contributed by atoms with Crippen LogP contribution in [0.4, 0.5) is 0 Å². The summed E-state index contributed by atoms with van der Waals surface area (Å²) in [4.78, 5) is 11.7. The molecular formula is C21H42O5. The second-order valence-corrected chi connectivity index (χ2v) is 7.63. The van der Waals surface area contributed by atoms with Crippen LogP contribution in [0.3, 0.4) is 0 Å². The van der Waals surface area contributed by atoms with Crippen LogP contribution in [0, 0.1) is 5.41 Å². The van der Waals surface area contributed by atoms with E-state index in [4.69, 9.17) is 4.74 Å². The third-order valence-electron chi connectivity index (χ3n) is 5.03. The summed E-state index contributed by atoms with van der Waals surface area (Å²) in [5.74, 6) is -0.326. The zero-order valence-corrected chi connectivity index (χ0v) is 16.9. The highest BCUT2D eigenvalue weighted by atomic mass is 16.5. The first-order valence-electron chi connectivity index (χ1n) is 10.6. The van der Waals surface area contributed by atoms with Crippen LogP contribution in [-0.2, 0) is 9.53 Å². The van der Waals surface area contributed by atoms with Crippen molar-refractivity contribution in [3.8, 4) is 0 Å². The standard InChI is InChI=1S/C21H42O5/c1-2-3-4-5-6-7-8-9-10-11-12-13-14-15-20(25)26-19-21(16-22,17-23)18-24/h22-24H,2-19H2,1H3. The lowest BCUT2D eigenvalue weighted by Gasteiger charge is -2.26. The molecule has 0 amide bonds. The van der Waals surface area contributed by atoms with Crippen molar-refractivity contribution in [1.82, 2.24) is 0 Å². The van der Waals surface area contributed by atoms with Gasteiger partial charge in [0.25, 0.3) is 0 Å². The van der Waals surface area contributed by atoms with E-state index in [1.54, 1.807) is 0 Å². The van der Waals surface area contributed by atoms with Crippen molar-refractivity contribution in [3.63, 3.8) is 0 Å². The van der Waals surface area contributed by atoms with Gasteiger partial charge in [-0.05, 0) is 6.42 Å². The summed E-state index contributed by atoms with van der Waals surface area (Å²) < 4.78 is 5.07. The van der Waals surface area contributed by atoms with Crippen LogP contribution in [-0.4, -0.2) is 47.7 Å². The summed E-state index contributed by atoms with van der Waals surface area (Å²) in [5, 5.41) is 27.5. The Hall–Kier alpha value is -0.650. The third-order valence-corrected chi connectivity index (χ3v) is 5.03. The summed E-state index contributed by atoms with van der Waals surface area (Å²) in [6.45, 7) is 0.872. The number of ether oxygens (including phenoxy) is 1. The lowest BCUT2D eigenvalue weighted by atomic mass is 9.93. The summed E-state index contributed by atoms with van der Waals surface area (Å²) in [6.07, 6.45) is 16.7. The Morgan fingerprint density at radius 1 is 0.692 bits per heavy atom. The fourth-order valence-corrected chi connectivity index (χ4v) is 2.88. The molecule has 0 fully saturated rings. The number of aliphatic hydroxyl groups excluding tert-OH is 3. The zero-order valence-electron chi connectivity index (χ0n) is 16.9. The van der Waals surface area contributed by atoms with E-state index in [9.17, 15) is 20.1 Å². The molecule has 0 spiro atoms. The number of esters is 1. The summed E-state index contributed by atoms with van der Waals surface area (Å²) >= 11 is 0. The second kappa shape index (κ2) is 17.7. The number of hydrogen-bond donors (Lipinski definition) is 3. The molecule has 0 saturated heterocycles. The van der Waals surface area contributed by atoms with Crippen molar-refractivity contribution < 1.29 is 24.9 Å². The number of hydrogen-bond acceptors (Lipinski definition) is 5. The lowest BCUT2D eigenvalue weighted by molar-refractivity contribution is -0.151. The minimum Gasteiger partial charge on any atom is -0.465 e. The van der Waals surface area contributed by atoms with Crippen LogP contribution in [0.1, 0.15) is 96.8 Å². The van der Waals surface area contributed by atoms with Crippen molar-refractivity contribution >= 4 is 5.97 Å². The predicted octanol–water partition coefficient (Wildman–Crippen LogP) is 3.97. The van der Waals surface area contributed by atoms with Crippen LogP contribution < -0.4 is 0 Å². The van der Waals surface area contributed by atoms with Gasteiger partial charge in [0.2, 0.25) is 0 Å². The van der Waals surface area contributed by atoms with Crippen molar-refractivity contribution in [3.05, 3.63) is 0 Å². The first-order valence-corrected chi connectivity index (χ1v) is 10.6. The highest BCUT2D eigenvalue weighted by molar-refractivity contribution is 5.69. The largest absolute Gasteiger partial charge is 0.465 e. The molecule has 26 heavy (non-hydrogen) atoms. The summed E-state index contributed by atoms with van der Waals surface area (Å²) in [7, 11) is 0. The Morgan fingerprint density at radius 2 is 1.08 bits per heavy atom. The van der Waals surface area contributed by atoms with Crippen molar-refractivity contribution in [2.75, 3.05) is 26.4 Å². The van der Waals surface area contributed by atoms with Gasteiger partial charge in [-0.1, -0.05) is 84.0 Å². The number of aliphatic hydroxyl groups is 3. The topological polar surface area (TPSA) is 87.0 Å². The SMILES string of the molecule is CCCCCCCCCCCCCCCC(=O)OCC(CO)(CO)CO. The maximum absolute atomic E-state index is 11.7. The van der Waals surface area contributed by atoms with Gasteiger partial charge in [-0.15, -0.1) is 0 Å². The molecule has 0 aliphatic heterocycles. The average molecular weight is 375 g/mol. The van der Waals surface area contributed by atoms with E-state index in [-0.39, 0.29) is 12.6 Å². The van der Waals surface area contributed by atoms with Gasteiger partial charge < -0.3 is 20.1 Å². The fraction of sp³-hybridized carbons (Fsp3) is 0.952. The molecule has 156 valence electrons. The van der Waals surface area contributed by atoms with E-state index >= 15 is 0 Å². The molecule has 0 aliphatic rings. The van der Waals surface area contributed by atoms with Crippen molar-refractivity contribution in [2.45, 2.75) is 96.8 Å². The molecule has 0 radical (unpaired) electrons. The molecule has 0 saturated carbocycles. The van der Waals surface area contributed by atoms with Crippen LogP contribution in [0.25, 0.3) is 0 Å². The van der Waals surface area contributed by atoms with Gasteiger partial charge in [0.15, 0.2) is 0 Å². The molecule has 0 aromatic carbocycles. The first kappa shape index (κ1) is 25.4. The minimum atomic E-state index is -1.13. The van der Waals surface area contributed by atoms with Gasteiger partial charge in [-0.3, -0.25) is 4.79 Å². The molecular weight excluding hydrogens is 332 g/mol. The molecule has 0 atom stereocenters. The van der Waals surface area contributed by atoms with E-state index in [0.717, 1.165) is 19.3 Å². The molecule has 0 unspecified atom stereocenters. The number of unbranched alkanes of at least 4 members (excludes halogenated alkanes) is 12. The molecule has 0 aromatic rings. The molecule has 5 nitrogen and oxygen atoms in total. The van der Waals surface area contributed by atoms with Crippen LogP contribution in [0.2, 0.25) is 0 Å². The van der Waals surface area contributed by atoms with E-state index in [1.807, 2.05) is 0 Å². The van der Waals surface area contributed by atoms with E-state index in [1.165, 1.54) is 64.2 Å². The van der Waals surface area contributed by atoms with Gasteiger partial charge >= 0.3 is 5.97 Å². The number of rotatable bonds is 19. The highest BCUT2D eigenvalue weighted by Gasteiger charge is 2.29. The van der Waals surface area contributed by atoms with Gasteiger partial charge in [-0.2, -0.15) is 0 Å². The molecule has 0 aromatic heterocycles. The second-order valence-electron chi connectivity index (χ2n) is 7.63. The number of carbonyl (C=O) groups excluding carboxylic acids is 1. The van der Waals surface area contributed by atoms with Crippen LogP contribution in [0.5, 0.6) is 0 Å². The van der Waals surface area contributed by atoms with Crippen molar-refractivity contribution in [2.24, 2.45) is 5.41 Å². The Labute approximate surface area is 160 Å². The van der Waals surface area contributed by atoms with Crippen molar-refractivity contribution in [1.29, 1.82) is 0 Å². The van der Waals surface area contributed by atoms with Gasteiger partial charge in [-0.25, -0.2) is 0 Å². The molecule has 0 bridgehead atoms. The molecule has 0 aliphatic carbocycles. The smallest absolute Gasteiger partial charge is 0.305 e. The third kappa shape index (κ3) is 13.5. The van der Waals surface area contributed by atoms with Crippen LogP contribution >= 0.6 is 0 Å². The van der Waals surface area contributed by atoms with Crippen LogP contribution in [0.15, 0.2) is 0 Å². The minimum absolute atomic E-state index is 0.145. The maximum atomic E-state index is 11.7. The summed E-state index contributed by atoms with van der Waals surface area (Å²) in [6, 6.07) is 0. The lowest BCUT2D eigenvalue weighted by Crippen LogP contribution is -2.39. The quantitative estimate of drug-likeness (QED) is 0.235. The zero-order chi connectivity index (χ0) is 19.5. The van der Waals surface area contributed by atoms with E-state index in [0.29, 0.717) is 6.42 Å². The monoisotopic (exact) mass is 374 g/mol. The first-order chi connectivity index (χ1) is 12.6. The van der Waals surface area contributed by atoms with E-state index in [2.05, 4.69) is 6.92 Å². The van der Waals surface area contributed by atoms with Gasteiger partial charge in [0, 0.05) is 6.42 Å². The Balaban J connectivity index is 3.40. The highest BCUT2D eigenvalue weighted by Crippen LogP contribution is 2.16. The predicted molar refractivity (Wildman–Crippen MR) is 105 cm³/mol. The Kier molecular flexibility index (Phi) is 17.3. The Bertz CT molecular complexity index is 307. The van der Waals surface area contributed by atoms with E-state index < -0.39 is 25.2 Å². The molecule has 0 rings (SSSR count).